The number of hydrogen-bond donors (Lipinski definition) is 0. The number of aromatic nitrogens is 1. The first kappa shape index (κ1) is 19.6. The molecule has 0 N–H and O–H groups in total. The van der Waals surface area contributed by atoms with E-state index in [1.54, 1.807) is 43.5 Å². The first-order valence-electron chi connectivity index (χ1n) is 7.90. The van der Waals surface area contributed by atoms with Gasteiger partial charge in [0.05, 0.1) is 20.1 Å². The average Bonchev–Trinajstić information content (AvgIpc) is 2.67. The third kappa shape index (κ3) is 4.47. The summed E-state index contributed by atoms with van der Waals surface area (Å²) in [6.45, 7) is -0.298. The molecular weight excluding hydrogens is 340 g/mol. The molecule has 1 unspecified atom stereocenters. The highest BCUT2D eigenvalue weighted by atomic mass is 16.7. The van der Waals surface area contributed by atoms with Gasteiger partial charge >= 0.3 is 0 Å². The van der Waals surface area contributed by atoms with E-state index in [1.165, 1.54) is 21.3 Å². The monoisotopic (exact) mass is 362 g/mol. The van der Waals surface area contributed by atoms with Gasteiger partial charge in [0.2, 0.25) is 18.7 Å². The first-order valence-corrected chi connectivity index (χ1v) is 7.90. The van der Waals surface area contributed by atoms with E-state index >= 15 is 0 Å². The Labute approximate surface area is 151 Å². The zero-order valence-corrected chi connectivity index (χ0v) is 15.2. The maximum atomic E-state index is 11.3. The third-order valence-corrected chi connectivity index (χ3v) is 4.02. The smallest absolute Gasteiger partial charge is 0.214 e. The molecule has 0 fully saturated rings. The van der Waals surface area contributed by atoms with Gasteiger partial charge in [-0.25, -0.2) is 4.98 Å². The Morgan fingerprint density at radius 2 is 1.65 bits per heavy atom. The van der Waals surface area contributed by atoms with Crippen molar-refractivity contribution < 1.29 is 23.9 Å². The standard InChI is InChI=1S/C18H22N2O6/c1-23-13-7-5-12(6-8-13)15(11-20(21)22)14-9-10-16(24-2)19-17(14)18(25-3)26-4/h5-10,15,18H,11H2,1-4H3. The molecule has 0 radical (unpaired) electrons. The molecule has 0 aliphatic carbocycles. The number of nitrogens with zero attached hydrogens (tertiary/aromatic N) is 2. The van der Waals surface area contributed by atoms with Crippen LogP contribution in [0.4, 0.5) is 0 Å². The van der Waals surface area contributed by atoms with Crippen LogP contribution in [0.25, 0.3) is 0 Å². The molecule has 1 heterocycles. The van der Waals surface area contributed by atoms with Crippen LogP contribution in [-0.4, -0.2) is 44.9 Å². The van der Waals surface area contributed by atoms with Crippen molar-refractivity contribution in [1.82, 2.24) is 4.98 Å². The lowest BCUT2D eigenvalue weighted by molar-refractivity contribution is -0.481. The molecule has 0 aliphatic rings. The minimum Gasteiger partial charge on any atom is -0.497 e. The van der Waals surface area contributed by atoms with E-state index in [0.717, 1.165) is 5.56 Å². The number of hydrogen-bond acceptors (Lipinski definition) is 7. The fourth-order valence-corrected chi connectivity index (χ4v) is 2.75. The van der Waals surface area contributed by atoms with Gasteiger partial charge in [0.15, 0.2) is 0 Å². The van der Waals surface area contributed by atoms with Crippen LogP contribution in [0.15, 0.2) is 36.4 Å². The molecule has 8 nitrogen and oxygen atoms in total. The van der Waals surface area contributed by atoms with Crippen LogP contribution >= 0.6 is 0 Å². The Morgan fingerprint density at radius 1 is 1.00 bits per heavy atom. The van der Waals surface area contributed by atoms with E-state index < -0.39 is 12.2 Å². The molecule has 8 heteroatoms. The van der Waals surface area contributed by atoms with E-state index in [0.29, 0.717) is 22.9 Å². The highest BCUT2D eigenvalue weighted by molar-refractivity contribution is 5.39. The van der Waals surface area contributed by atoms with Gasteiger partial charge < -0.3 is 18.9 Å². The molecule has 0 saturated heterocycles. The van der Waals surface area contributed by atoms with Crippen LogP contribution in [0.5, 0.6) is 11.6 Å². The number of pyridine rings is 1. The van der Waals surface area contributed by atoms with Gasteiger partial charge in [-0.05, 0) is 23.3 Å². The van der Waals surface area contributed by atoms with Crippen molar-refractivity contribution in [3.05, 3.63) is 63.3 Å². The Hall–Kier alpha value is -2.71. The van der Waals surface area contributed by atoms with E-state index in [1.807, 2.05) is 0 Å². The number of nitro groups is 1. The summed E-state index contributed by atoms with van der Waals surface area (Å²) in [5.74, 6) is 0.517. The second-order valence-electron chi connectivity index (χ2n) is 5.47. The van der Waals surface area contributed by atoms with Crippen molar-refractivity contribution in [3.8, 4) is 11.6 Å². The van der Waals surface area contributed by atoms with Crippen molar-refractivity contribution >= 4 is 0 Å². The van der Waals surface area contributed by atoms with Gasteiger partial charge in [-0.15, -0.1) is 0 Å². The van der Waals surface area contributed by atoms with Crippen molar-refractivity contribution in [3.63, 3.8) is 0 Å². The van der Waals surface area contributed by atoms with Crippen LogP contribution in [0.3, 0.4) is 0 Å². The molecule has 2 aromatic rings. The van der Waals surface area contributed by atoms with Crippen LogP contribution in [0.1, 0.15) is 29.0 Å². The molecule has 0 saturated carbocycles. The minimum atomic E-state index is -0.771. The van der Waals surface area contributed by atoms with Gasteiger partial charge in [0.25, 0.3) is 0 Å². The van der Waals surface area contributed by atoms with E-state index in [-0.39, 0.29) is 11.5 Å². The molecule has 26 heavy (non-hydrogen) atoms. The molecule has 2 rings (SSSR count). The Balaban J connectivity index is 2.57. The average molecular weight is 362 g/mol. The lowest BCUT2D eigenvalue weighted by Crippen LogP contribution is -2.19. The van der Waals surface area contributed by atoms with Crippen molar-refractivity contribution in [2.75, 3.05) is 35.0 Å². The molecule has 0 amide bonds. The molecule has 0 aliphatic heterocycles. The Kier molecular flexibility index (Phi) is 6.88. The maximum absolute atomic E-state index is 11.3. The topological polar surface area (TPSA) is 93.0 Å². The number of ether oxygens (including phenoxy) is 4. The highest BCUT2D eigenvalue weighted by Crippen LogP contribution is 2.33. The van der Waals surface area contributed by atoms with Crippen LogP contribution < -0.4 is 9.47 Å². The number of rotatable bonds is 9. The normalized spacial score (nSPS) is 12.0. The summed E-state index contributed by atoms with van der Waals surface area (Å²) in [6, 6.07) is 10.6. The van der Waals surface area contributed by atoms with Crippen LogP contribution in [0, 0.1) is 10.1 Å². The van der Waals surface area contributed by atoms with Gasteiger partial charge in [-0.3, -0.25) is 10.1 Å². The quantitative estimate of drug-likeness (QED) is 0.385. The summed E-state index contributed by atoms with van der Waals surface area (Å²) in [7, 11) is 6.03. The largest absolute Gasteiger partial charge is 0.497 e. The highest BCUT2D eigenvalue weighted by Gasteiger charge is 2.28. The molecular formula is C18H22N2O6. The van der Waals surface area contributed by atoms with Crippen LogP contribution in [0.2, 0.25) is 0 Å². The zero-order chi connectivity index (χ0) is 19.1. The molecule has 0 bridgehead atoms. The van der Waals surface area contributed by atoms with E-state index in [4.69, 9.17) is 18.9 Å². The summed E-state index contributed by atoms with van der Waals surface area (Å²) < 4.78 is 21.0. The third-order valence-electron chi connectivity index (χ3n) is 4.02. The summed E-state index contributed by atoms with van der Waals surface area (Å²) in [5, 5.41) is 11.3. The molecule has 140 valence electrons. The van der Waals surface area contributed by atoms with E-state index in [2.05, 4.69) is 4.98 Å². The summed E-state index contributed by atoms with van der Waals surface area (Å²) >= 11 is 0. The molecule has 1 aromatic carbocycles. The Morgan fingerprint density at radius 3 is 2.15 bits per heavy atom. The number of methoxy groups -OCH3 is 4. The second-order valence-corrected chi connectivity index (χ2v) is 5.47. The molecule has 0 spiro atoms. The van der Waals surface area contributed by atoms with Gasteiger partial charge in [0.1, 0.15) is 11.4 Å². The lowest BCUT2D eigenvalue weighted by Gasteiger charge is -2.22. The predicted molar refractivity (Wildman–Crippen MR) is 94.2 cm³/mol. The Bertz CT molecular complexity index is 731. The second kappa shape index (κ2) is 9.12. The molecule has 1 atom stereocenters. The lowest BCUT2D eigenvalue weighted by atomic mass is 9.90. The zero-order valence-electron chi connectivity index (χ0n) is 15.2. The van der Waals surface area contributed by atoms with Gasteiger partial charge in [0, 0.05) is 25.2 Å². The summed E-state index contributed by atoms with van der Waals surface area (Å²) in [4.78, 5) is 15.3. The number of benzene rings is 1. The minimum absolute atomic E-state index is 0.298. The van der Waals surface area contributed by atoms with Gasteiger partial charge in [-0.2, -0.15) is 0 Å². The summed E-state index contributed by atoms with van der Waals surface area (Å²) in [6.07, 6.45) is -0.771. The molecule has 1 aromatic heterocycles. The SMILES string of the molecule is COc1ccc(C(C[N+](=O)[O-])c2ccc(OC)nc2C(OC)OC)cc1. The predicted octanol–water partition coefficient (Wildman–Crippen LogP) is 2.80. The van der Waals surface area contributed by atoms with Crippen LogP contribution in [-0.2, 0) is 9.47 Å². The van der Waals surface area contributed by atoms with Crippen molar-refractivity contribution in [2.45, 2.75) is 12.2 Å². The van der Waals surface area contributed by atoms with Crippen molar-refractivity contribution in [1.29, 1.82) is 0 Å². The first-order chi connectivity index (χ1) is 12.5. The van der Waals surface area contributed by atoms with Gasteiger partial charge in [-0.1, -0.05) is 18.2 Å². The summed E-state index contributed by atoms with van der Waals surface area (Å²) in [5.41, 5.74) is 1.85. The maximum Gasteiger partial charge on any atom is 0.214 e. The fraction of sp³-hybridized carbons (Fsp3) is 0.389. The fourth-order valence-electron chi connectivity index (χ4n) is 2.75. The van der Waals surface area contributed by atoms with Crippen molar-refractivity contribution in [2.24, 2.45) is 0 Å². The van der Waals surface area contributed by atoms with E-state index in [9.17, 15) is 10.1 Å².